The van der Waals surface area contributed by atoms with Crippen LogP contribution in [0, 0.1) is 11.3 Å². The van der Waals surface area contributed by atoms with Gasteiger partial charge in [-0.05, 0) is 13.0 Å². The van der Waals surface area contributed by atoms with Crippen LogP contribution in [0.2, 0.25) is 0 Å². The van der Waals surface area contributed by atoms with Crippen molar-refractivity contribution in [3.05, 3.63) is 35.7 Å². The van der Waals surface area contributed by atoms with Crippen LogP contribution in [0.4, 0.5) is 17.3 Å². The molecule has 1 amide bonds. The lowest BCUT2D eigenvalue weighted by atomic mass is 10.2. The minimum Gasteiger partial charge on any atom is -0.493 e. The second-order valence-electron chi connectivity index (χ2n) is 7.18. The Morgan fingerprint density at radius 1 is 1.45 bits per heavy atom. The molecule has 0 spiro atoms. The van der Waals surface area contributed by atoms with Crippen LogP contribution in [-0.2, 0) is 4.74 Å². The zero-order valence-corrected chi connectivity index (χ0v) is 17.5. The van der Waals surface area contributed by atoms with Crippen molar-refractivity contribution in [1.82, 2.24) is 19.9 Å². The van der Waals surface area contributed by atoms with E-state index in [4.69, 9.17) is 9.47 Å². The van der Waals surface area contributed by atoms with E-state index in [9.17, 15) is 10.1 Å². The van der Waals surface area contributed by atoms with Crippen LogP contribution >= 0.6 is 0 Å². The van der Waals surface area contributed by atoms with Gasteiger partial charge >= 0.3 is 0 Å². The molecule has 1 aliphatic rings. The van der Waals surface area contributed by atoms with Crippen LogP contribution in [0.1, 0.15) is 22.8 Å². The molecule has 160 valence electrons. The van der Waals surface area contributed by atoms with Gasteiger partial charge in [0.05, 0.1) is 36.3 Å². The summed E-state index contributed by atoms with van der Waals surface area (Å²) in [5.74, 6) is 1.25. The number of H-pyrrole nitrogens is 1. The van der Waals surface area contributed by atoms with Crippen molar-refractivity contribution in [2.75, 3.05) is 44.5 Å². The fourth-order valence-electron chi connectivity index (χ4n) is 3.60. The standard InChI is InChI=1S/C21H23N7O3/c1-12-11-28(4-5-31-12)21(29)13-6-16(30-3)19(24-9-13)26-17-7-15(23-2)18-14(8-22)10-25-20(18)27-17/h6-7,9-10,12H,4-5,11H2,1-3H3,(H3,23,24,25,26,27). The Morgan fingerprint density at radius 3 is 3.00 bits per heavy atom. The maximum absolute atomic E-state index is 12.8. The molecular formula is C21H23N7O3. The van der Waals surface area contributed by atoms with E-state index in [-0.39, 0.29) is 12.0 Å². The molecule has 1 fully saturated rings. The van der Waals surface area contributed by atoms with Gasteiger partial charge in [-0.1, -0.05) is 0 Å². The molecule has 1 unspecified atom stereocenters. The third-order valence-electron chi connectivity index (χ3n) is 5.13. The molecular weight excluding hydrogens is 398 g/mol. The molecule has 0 aliphatic carbocycles. The summed E-state index contributed by atoms with van der Waals surface area (Å²) < 4.78 is 11.0. The number of anilines is 3. The molecule has 10 heteroatoms. The normalized spacial score (nSPS) is 16.1. The number of hydrogen-bond donors (Lipinski definition) is 3. The number of carbonyl (C=O) groups is 1. The molecule has 4 heterocycles. The lowest BCUT2D eigenvalue weighted by molar-refractivity contribution is -0.0124. The van der Waals surface area contributed by atoms with Crippen molar-refractivity contribution < 1.29 is 14.3 Å². The van der Waals surface area contributed by atoms with E-state index in [1.165, 1.54) is 13.3 Å². The Labute approximate surface area is 179 Å². The van der Waals surface area contributed by atoms with Crippen LogP contribution in [0.3, 0.4) is 0 Å². The largest absolute Gasteiger partial charge is 0.493 e. The summed E-state index contributed by atoms with van der Waals surface area (Å²) in [6.45, 7) is 3.55. The van der Waals surface area contributed by atoms with E-state index < -0.39 is 0 Å². The lowest BCUT2D eigenvalue weighted by Gasteiger charge is -2.31. The summed E-state index contributed by atoms with van der Waals surface area (Å²) in [5.41, 5.74) is 2.27. The predicted molar refractivity (Wildman–Crippen MR) is 116 cm³/mol. The van der Waals surface area contributed by atoms with E-state index in [1.807, 2.05) is 6.92 Å². The third-order valence-corrected chi connectivity index (χ3v) is 5.13. The number of amides is 1. The first-order chi connectivity index (χ1) is 15.0. The first-order valence-electron chi connectivity index (χ1n) is 9.86. The number of rotatable bonds is 5. The minimum atomic E-state index is -0.111. The van der Waals surface area contributed by atoms with Gasteiger partial charge in [0.15, 0.2) is 11.6 Å². The summed E-state index contributed by atoms with van der Waals surface area (Å²) in [7, 11) is 3.30. The van der Waals surface area contributed by atoms with Gasteiger partial charge in [0.2, 0.25) is 0 Å². The molecule has 3 N–H and O–H groups in total. The van der Waals surface area contributed by atoms with Crippen LogP contribution in [-0.4, -0.2) is 65.7 Å². The smallest absolute Gasteiger partial charge is 0.255 e. The molecule has 1 saturated heterocycles. The fourth-order valence-corrected chi connectivity index (χ4v) is 3.60. The molecule has 4 rings (SSSR count). The number of aromatic amines is 1. The maximum Gasteiger partial charge on any atom is 0.255 e. The van der Waals surface area contributed by atoms with Gasteiger partial charge in [-0.15, -0.1) is 0 Å². The van der Waals surface area contributed by atoms with Gasteiger partial charge in [0.25, 0.3) is 5.91 Å². The van der Waals surface area contributed by atoms with E-state index in [2.05, 4.69) is 31.7 Å². The van der Waals surface area contributed by atoms with Gasteiger partial charge in [-0.3, -0.25) is 4.79 Å². The van der Waals surface area contributed by atoms with Crippen molar-refractivity contribution in [3.63, 3.8) is 0 Å². The lowest BCUT2D eigenvalue weighted by Crippen LogP contribution is -2.44. The number of nitrogens with zero attached hydrogens (tertiary/aromatic N) is 4. The molecule has 31 heavy (non-hydrogen) atoms. The fraction of sp³-hybridized carbons (Fsp3) is 0.333. The van der Waals surface area contributed by atoms with Crippen LogP contribution in [0.15, 0.2) is 24.5 Å². The molecule has 3 aromatic heterocycles. The second kappa shape index (κ2) is 8.49. The number of aromatic nitrogens is 3. The molecule has 3 aromatic rings. The van der Waals surface area contributed by atoms with E-state index in [0.717, 1.165) is 11.1 Å². The number of morpholine rings is 1. The Balaban J connectivity index is 1.62. The summed E-state index contributed by atoms with van der Waals surface area (Å²) in [6.07, 6.45) is 3.15. The summed E-state index contributed by atoms with van der Waals surface area (Å²) in [6, 6.07) is 5.60. The summed E-state index contributed by atoms with van der Waals surface area (Å²) >= 11 is 0. The third kappa shape index (κ3) is 3.95. The second-order valence-corrected chi connectivity index (χ2v) is 7.18. The maximum atomic E-state index is 12.8. The van der Waals surface area contributed by atoms with E-state index >= 15 is 0 Å². The quantitative estimate of drug-likeness (QED) is 0.573. The highest BCUT2D eigenvalue weighted by atomic mass is 16.5. The first kappa shape index (κ1) is 20.4. The number of carbonyl (C=O) groups excluding carboxylic acids is 1. The number of methoxy groups -OCH3 is 1. The number of nitriles is 1. The minimum absolute atomic E-state index is 0.00500. The summed E-state index contributed by atoms with van der Waals surface area (Å²) in [4.78, 5) is 26.5. The van der Waals surface area contributed by atoms with Crippen LogP contribution < -0.4 is 15.4 Å². The molecule has 10 nitrogen and oxygen atoms in total. The number of nitrogens with one attached hydrogen (secondary N) is 3. The van der Waals surface area contributed by atoms with Crippen molar-refractivity contribution in [2.24, 2.45) is 0 Å². The molecule has 0 aromatic carbocycles. The Morgan fingerprint density at radius 2 is 2.29 bits per heavy atom. The molecule has 0 bridgehead atoms. The average Bonchev–Trinajstić information content (AvgIpc) is 3.21. The van der Waals surface area contributed by atoms with Crippen molar-refractivity contribution in [3.8, 4) is 11.8 Å². The first-order valence-corrected chi connectivity index (χ1v) is 9.86. The predicted octanol–water partition coefficient (Wildman–Crippen LogP) is 2.48. The number of pyridine rings is 2. The average molecular weight is 421 g/mol. The van der Waals surface area contributed by atoms with Crippen molar-refractivity contribution >= 4 is 34.3 Å². The van der Waals surface area contributed by atoms with E-state index in [0.29, 0.717) is 53.9 Å². The number of ether oxygens (including phenoxy) is 2. The van der Waals surface area contributed by atoms with Crippen molar-refractivity contribution in [2.45, 2.75) is 13.0 Å². The Bertz CT molecular complexity index is 1170. The zero-order valence-electron chi connectivity index (χ0n) is 17.5. The molecule has 1 atom stereocenters. The topological polar surface area (TPSA) is 128 Å². The van der Waals surface area contributed by atoms with Gasteiger partial charge in [-0.2, -0.15) is 5.26 Å². The van der Waals surface area contributed by atoms with Gasteiger partial charge in [0, 0.05) is 44.3 Å². The number of hydrogen-bond acceptors (Lipinski definition) is 8. The SMILES string of the molecule is CNc1cc(Nc2ncc(C(=O)N3CCOC(C)C3)cc2OC)nc2[nH]cc(C#N)c12. The van der Waals surface area contributed by atoms with Gasteiger partial charge in [-0.25, -0.2) is 9.97 Å². The van der Waals surface area contributed by atoms with Gasteiger partial charge in [0.1, 0.15) is 17.5 Å². The highest BCUT2D eigenvalue weighted by molar-refractivity contribution is 5.97. The molecule has 1 aliphatic heterocycles. The van der Waals surface area contributed by atoms with E-state index in [1.54, 1.807) is 30.3 Å². The monoisotopic (exact) mass is 421 g/mol. The van der Waals surface area contributed by atoms with Crippen molar-refractivity contribution in [1.29, 1.82) is 5.26 Å². The van der Waals surface area contributed by atoms with Gasteiger partial charge < -0.3 is 30.0 Å². The zero-order chi connectivity index (χ0) is 22.0. The van der Waals surface area contributed by atoms with Crippen LogP contribution in [0.5, 0.6) is 5.75 Å². The van der Waals surface area contributed by atoms with Crippen LogP contribution in [0.25, 0.3) is 11.0 Å². The number of fused-ring (bicyclic) bond motifs is 1. The Hall–Kier alpha value is -3.84. The highest BCUT2D eigenvalue weighted by Crippen LogP contribution is 2.31. The molecule has 0 saturated carbocycles. The summed E-state index contributed by atoms with van der Waals surface area (Å²) in [5, 5.41) is 16.2. The highest BCUT2D eigenvalue weighted by Gasteiger charge is 2.24. The molecule has 0 radical (unpaired) electrons. The Kier molecular flexibility index (Phi) is 5.60.